The quantitative estimate of drug-likeness (QED) is 0.855. The van der Waals surface area contributed by atoms with Crippen LogP contribution in [0.15, 0.2) is 42.6 Å². The number of ether oxygens (including phenoxy) is 1. The van der Waals surface area contributed by atoms with Crippen molar-refractivity contribution in [1.82, 2.24) is 4.98 Å². The molecular formula is C15H16N2O2. The molecule has 0 unspecified atom stereocenters. The Balaban J connectivity index is 2.11. The fourth-order valence-corrected chi connectivity index (χ4v) is 1.76. The predicted octanol–water partition coefficient (Wildman–Crippen LogP) is 2.79. The number of benzene rings is 1. The molecule has 0 bridgehead atoms. The maximum absolute atomic E-state index is 11.6. The van der Waals surface area contributed by atoms with Gasteiger partial charge in [-0.2, -0.15) is 0 Å². The third-order valence-corrected chi connectivity index (χ3v) is 2.84. The molecule has 98 valence electrons. The van der Waals surface area contributed by atoms with Gasteiger partial charge in [0.15, 0.2) is 0 Å². The number of pyridine rings is 1. The van der Waals surface area contributed by atoms with Crippen LogP contribution >= 0.6 is 0 Å². The summed E-state index contributed by atoms with van der Waals surface area (Å²) >= 11 is 0. The SMILES string of the molecule is COC(=O)c1cc(NCc2ccccn2)ccc1C. The molecule has 0 radical (unpaired) electrons. The molecule has 0 fully saturated rings. The standard InChI is InChI=1S/C15H16N2O2/c1-11-6-7-12(9-14(11)15(18)19-2)17-10-13-5-3-4-8-16-13/h3-9,17H,10H2,1-2H3. The molecule has 0 amide bonds. The van der Waals surface area contributed by atoms with Gasteiger partial charge >= 0.3 is 5.97 Å². The van der Waals surface area contributed by atoms with E-state index < -0.39 is 0 Å². The second-order valence-electron chi connectivity index (χ2n) is 4.20. The highest BCUT2D eigenvalue weighted by molar-refractivity contribution is 5.92. The Morgan fingerprint density at radius 2 is 2.16 bits per heavy atom. The monoisotopic (exact) mass is 256 g/mol. The molecule has 1 aromatic carbocycles. The van der Waals surface area contributed by atoms with Crippen molar-refractivity contribution in [2.75, 3.05) is 12.4 Å². The number of aromatic nitrogens is 1. The van der Waals surface area contributed by atoms with Crippen molar-refractivity contribution < 1.29 is 9.53 Å². The lowest BCUT2D eigenvalue weighted by atomic mass is 10.1. The van der Waals surface area contributed by atoms with Gasteiger partial charge in [0.1, 0.15) is 0 Å². The zero-order chi connectivity index (χ0) is 13.7. The minimum Gasteiger partial charge on any atom is -0.465 e. The summed E-state index contributed by atoms with van der Waals surface area (Å²) in [6.07, 6.45) is 1.76. The summed E-state index contributed by atoms with van der Waals surface area (Å²) in [5, 5.41) is 3.24. The van der Waals surface area contributed by atoms with Crippen molar-refractivity contribution in [1.29, 1.82) is 0 Å². The molecule has 0 saturated carbocycles. The van der Waals surface area contributed by atoms with E-state index in [1.807, 2.05) is 37.3 Å². The maximum Gasteiger partial charge on any atom is 0.338 e. The molecule has 0 aliphatic rings. The fraction of sp³-hybridized carbons (Fsp3) is 0.200. The van der Waals surface area contributed by atoms with E-state index in [0.717, 1.165) is 16.9 Å². The summed E-state index contributed by atoms with van der Waals surface area (Å²) in [7, 11) is 1.38. The largest absolute Gasteiger partial charge is 0.465 e. The summed E-state index contributed by atoms with van der Waals surface area (Å²) in [6, 6.07) is 11.4. The normalized spacial score (nSPS) is 10.0. The van der Waals surface area contributed by atoms with Crippen LogP contribution < -0.4 is 5.32 Å². The number of rotatable bonds is 4. The van der Waals surface area contributed by atoms with Crippen LogP contribution in [0.1, 0.15) is 21.6 Å². The van der Waals surface area contributed by atoms with Gasteiger partial charge in [-0.3, -0.25) is 4.98 Å². The van der Waals surface area contributed by atoms with Crippen LogP contribution in [-0.4, -0.2) is 18.1 Å². The molecule has 0 aliphatic carbocycles. The highest BCUT2D eigenvalue weighted by Gasteiger charge is 2.09. The second kappa shape index (κ2) is 6.00. The first-order valence-corrected chi connectivity index (χ1v) is 6.03. The molecule has 1 aromatic heterocycles. The van der Waals surface area contributed by atoms with E-state index in [0.29, 0.717) is 12.1 Å². The van der Waals surface area contributed by atoms with Crippen molar-refractivity contribution in [3.8, 4) is 0 Å². The number of carbonyl (C=O) groups is 1. The third kappa shape index (κ3) is 3.31. The van der Waals surface area contributed by atoms with E-state index in [2.05, 4.69) is 10.3 Å². The van der Waals surface area contributed by atoms with Crippen LogP contribution in [0.2, 0.25) is 0 Å². The molecule has 2 rings (SSSR count). The first-order valence-electron chi connectivity index (χ1n) is 6.03. The molecule has 0 spiro atoms. The van der Waals surface area contributed by atoms with Crippen molar-refractivity contribution in [3.05, 3.63) is 59.4 Å². The molecule has 2 aromatic rings. The van der Waals surface area contributed by atoms with Crippen LogP contribution in [0.5, 0.6) is 0 Å². The average Bonchev–Trinajstić information content (AvgIpc) is 2.46. The highest BCUT2D eigenvalue weighted by atomic mass is 16.5. The smallest absolute Gasteiger partial charge is 0.338 e. The molecule has 4 heteroatoms. The zero-order valence-electron chi connectivity index (χ0n) is 11.0. The van der Waals surface area contributed by atoms with Gasteiger partial charge < -0.3 is 10.1 Å². The minimum atomic E-state index is -0.320. The number of nitrogens with zero attached hydrogens (tertiary/aromatic N) is 1. The Hall–Kier alpha value is -2.36. The van der Waals surface area contributed by atoms with Crippen molar-refractivity contribution in [2.24, 2.45) is 0 Å². The molecule has 0 aliphatic heterocycles. The van der Waals surface area contributed by atoms with Crippen LogP contribution in [0.3, 0.4) is 0 Å². The van der Waals surface area contributed by atoms with Crippen LogP contribution in [0.4, 0.5) is 5.69 Å². The molecule has 1 N–H and O–H groups in total. The Labute approximate surface area is 112 Å². The Morgan fingerprint density at radius 1 is 1.32 bits per heavy atom. The van der Waals surface area contributed by atoms with Crippen LogP contribution in [0.25, 0.3) is 0 Å². The summed E-state index contributed by atoms with van der Waals surface area (Å²) in [5.41, 5.74) is 3.29. The molecule has 4 nitrogen and oxygen atoms in total. The van der Waals surface area contributed by atoms with E-state index in [1.54, 1.807) is 12.3 Å². The first-order chi connectivity index (χ1) is 9.20. The van der Waals surface area contributed by atoms with E-state index in [-0.39, 0.29) is 5.97 Å². The van der Waals surface area contributed by atoms with E-state index in [9.17, 15) is 4.79 Å². The number of esters is 1. The molecule has 1 heterocycles. The van der Waals surface area contributed by atoms with Gasteiger partial charge in [-0.25, -0.2) is 4.79 Å². The number of aryl methyl sites for hydroxylation is 1. The van der Waals surface area contributed by atoms with E-state index >= 15 is 0 Å². The molecule has 0 atom stereocenters. The Kier molecular flexibility index (Phi) is 4.13. The Bertz CT molecular complexity index is 568. The van der Waals surface area contributed by atoms with Gasteiger partial charge in [0.25, 0.3) is 0 Å². The number of anilines is 1. The molecule has 19 heavy (non-hydrogen) atoms. The average molecular weight is 256 g/mol. The topological polar surface area (TPSA) is 51.2 Å². The molecular weight excluding hydrogens is 240 g/mol. The number of hydrogen-bond donors (Lipinski definition) is 1. The summed E-state index contributed by atoms with van der Waals surface area (Å²) < 4.78 is 4.76. The van der Waals surface area contributed by atoms with Gasteiger partial charge in [0, 0.05) is 11.9 Å². The van der Waals surface area contributed by atoms with Gasteiger partial charge in [-0.15, -0.1) is 0 Å². The van der Waals surface area contributed by atoms with Crippen LogP contribution in [-0.2, 0) is 11.3 Å². The van der Waals surface area contributed by atoms with Crippen molar-refractivity contribution in [3.63, 3.8) is 0 Å². The Morgan fingerprint density at radius 3 is 2.84 bits per heavy atom. The lowest BCUT2D eigenvalue weighted by Crippen LogP contribution is -2.06. The summed E-state index contributed by atoms with van der Waals surface area (Å²) in [6.45, 7) is 2.50. The van der Waals surface area contributed by atoms with E-state index in [4.69, 9.17) is 4.74 Å². The summed E-state index contributed by atoms with van der Waals surface area (Å²) in [5.74, 6) is -0.320. The maximum atomic E-state index is 11.6. The second-order valence-corrected chi connectivity index (χ2v) is 4.20. The van der Waals surface area contributed by atoms with Gasteiger partial charge in [-0.05, 0) is 36.8 Å². The third-order valence-electron chi connectivity index (χ3n) is 2.84. The van der Waals surface area contributed by atoms with Crippen LogP contribution in [0, 0.1) is 6.92 Å². The number of carbonyl (C=O) groups excluding carboxylic acids is 1. The van der Waals surface area contributed by atoms with Gasteiger partial charge in [0.2, 0.25) is 0 Å². The van der Waals surface area contributed by atoms with Gasteiger partial charge in [-0.1, -0.05) is 12.1 Å². The number of nitrogens with one attached hydrogen (secondary N) is 1. The highest BCUT2D eigenvalue weighted by Crippen LogP contribution is 2.16. The summed E-state index contributed by atoms with van der Waals surface area (Å²) in [4.78, 5) is 15.8. The lowest BCUT2D eigenvalue weighted by Gasteiger charge is -2.09. The zero-order valence-corrected chi connectivity index (χ0v) is 11.0. The fourth-order valence-electron chi connectivity index (χ4n) is 1.76. The van der Waals surface area contributed by atoms with Crippen molar-refractivity contribution >= 4 is 11.7 Å². The van der Waals surface area contributed by atoms with E-state index in [1.165, 1.54) is 7.11 Å². The lowest BCUT2D eigenvalue weighted by molar-refractivity contribution is 0.0600. The van der Waals surface area contributed by atoms with Gasteiger partial charge in [0.05, 0.1) is 24.9 Å². The predicted molar refractivity (Wildman–Crippen MR) is 74.1 cm³/mol. The minimum absolute atomic E-state index is 0.320. The van der Waals surface area contributed by atoms with Crippen molar-refractivity contribution in [2.45, 2.75) is 13.5 Å². The number of hydrogen-bond acceptors (Lipinski definition) is 4. The molecule has 0 saturated heterocycles. The number of methoxy groups -OCH3 is 1. The first kappa shape index (κ1) is 13.1.